The van der Waals surface area contributed by atoms with Gasteiger partial charge in [-0.1, -0.05) is 41.9 Å². The molecule has 1 unspecified atom stereocenters. The highest BCUT2D eigenvalue weighted by Crippen LogP contribution is 2.40. The summed E-state index contributed by atoms with van der Waals surface area (Å²) < 4.78 is 18.9. The molecule has 1 aliphatic rings. The number of rotatable bonds is 4. The minimum atomic E-state index is -0.256. The molecule has 0 saturated heterocycles. The molecule has 5 heteroatoms. The van der Waals surface area contributed by atoms with Crippen molar-refractivity contribution in [3.8, 4) is 5.75 Å². The Morgan fingerprint density at radius 3 is 2.41 bits per heavy atom. The minimum Gasteiger partial charge on any atom is -0.496 e. The molecule has 3 aromatic rings. The highest BCUT2D eigenvalue weighted by Gasteiger charge is 2.31. The van der Waals surface area contributed by atoms with E-state index in [1.165, 1.54) is 12.1 Å². The lowest BCUT2D eigenvalue weighted by atomic mass is 9.97. The molecule has 27 heavy (non-hydrogen) atoms. The molecule has 3 nitrogen and oxygen atoms in total. The first kappa shape index (κ1) is 17.6. The molecular weight excluding hydrogens is 363 g/mol. The number of para-hydroxylation sites is 1. The summed E-state index contributed by atoms with van der Waals surface area (Å²) in [5, 5.41) is 7.50. The van der Waals surface area contributed by atoms with Crippen LogP contribution in [0, 0.1) is 5.82 Å². The van der Waals surface area contributed by atoms with Crippen molar-refractivity contribution in [2.24, 2.45) is 5.10 Å². The second-order valence-electron chi connectivity index (χ2n) is 6.34. The highest BCUT2D eigenvalue weighted by molar-refractivity contribution is 6.30. The minimum absolute atomic E-state index is 0.0256. The molecular formula is C22H18ClFN2O. The number of hydrazone groups is 1. The van der Waals surface area contributed by atoms with Gasteiger partial charge in [0.1, 0.15) is 11.6 Å². The Hall–Kier alpha value is -2.85. The molecule has 1 atom stereocenters. The van der Waals surface area contributed by atoms with Crippen LogP contribution in [0.4, 0.5) is 10.1 Å². The predicted molar refractivity (Wildman–Crippen MR) is 107 cm³/mol. The number of methoxy groups -OCH3 is 1. The molecule has 0 amide bonds. The first-order valence-corrected chi connectivity index (χ1v) is 9.04. The molecule has 1 aliphatic heterocycles. The van der Waals surface area contributed by atoms with Crippen LogP contribution in [0.25, 0.3) is 0 Å². The van der Waals surface area contributed by atoms with Gasteiger partial charge in [-0.25, -0.2) is 4.39 Å². The molecule has 0 spiro atoms. The number of anilines is 1. The van der Waals surface area contributed by atoms with Crippen LogP contribution < -0.4 is 9.75 Å². The highest BCUT2D eigenvalue weighted by atomic mass is 35.5. The fraction of sp³-hybridized carbons (Fsp3) is 0.136. The number of hydrogen-bond donors (Lipinski definition) is 0. The van der Waals surface area contributed by atoms with Crippen molar-refractivity contribution in [2.45, 2.75) is 12.5 Å². The molecule has 0 N–H and O–H groups in total. The van der Waals surface area contributed by atoms with E-state index in [0.29, 0.717) is 11.4 Å². The van der Waals surface area contributed by atoms with Crippen molar-refractivity contribution in [3.05, 3.63) is 94.8 Å². The van der Waals surface area contributed by atoms with Gasteiger partial charge in [0.25, 0.3) is 0 Å². The monoisotopic (exact) mass is 380 g/mol. The fourth-order valence-corrected chi connectivity index (χ4v) is 3.47. The number of hydrogen-bond acceptors (Lipinski definition) is 3. The van der Waals surface area contributed by atoms with Gasteiger partial charge < -0.3 is 4.74 Å². The van der Waals surface area contributed by atoms with E-state index >= 15 is 0 Å². The maximum Gasteiger partial charge on any atom is 0.124 e. The van der Waals surface area contributed by atoms with Crippen molar-refractivity contribution in [1.82, 2.24) is 0 Å². The Morgan fingerprint density at radius 1 is 1.00 bits per heavy atom. The van der Waals surface area contributed by atoms with Crippen LogP contribution in [0.5, 0.6) is 5.75 Å². The van der Waals surface area contributed by atoms with Crippen LogP contribution in [-0.2, 0) is 0 Å². The standard InChI is InChI=1S/C22H18ClFN2O/c1-27-22-5-3-2-4-19(22)21-14-20(15-6-10-17(24)11-7-15)25-26(21)18-12-8-16(23)9-13-18/h2-13,21H,14H2,1H3. The lowest BCUT2D eigenvalue weighted by Gasteiger charge is -2.25. The predicted octanol–water partition coefficient (Wildman–Crippen LogP) is 5.84. The number of benzene rings is 3. The second kappa shape index (κ2) is 7.41. The van der Waals surface area contributed by atoms with Crippen molar-refractivity contribution < 1.29 is 9.13 Å². The fourth-order valence-electron chi connectivity index (χ4n) is 3.34. The van der Waals surface area contributed by atoms with Crippen LogP contribution in [0.15, 0.2) is 77.9 Å². The van der Waals surface area contributed by atoms with Gasteiger partial charge in [-0.15, -0.1) is 0 Å². The normalized spacial score (nSPS) is 16.3. The zero-order valence-electron chi connectivity index (χ0n) is 14.8. The van der Waals surface area contributed by atoms with Crippen LogP contribution in [-0.4, -0.2) is 12.8 Å². The molecule has 0 saturated carbocycles. The van der Waals surface area contributed by atoms with E-state index in [-0.39, 0.29) is 11.9 Å². The van der Waals surface area contributed by atoms with Gasteiger partial charge in [0.2, 0.25) is 0 Å². The summed E-state index contributed by atoms with van der Waals surface area (Å²) in [7, 11) is 1.67. The third-order valence-corrected chi connectivity index (χ3v) is 4.93. The van der Waals surface area contributed by atoms with Crippen molar-refractivity contribution in [1.29, 1.82) is 0 Å². The van der Waals surface area contributed by atoms with Crippen LogP contribution >= 0.6 is 11.6 Å². The van der Waals surface area contributed by atoms with E-state index in [0.717, 1.165) is 28.3 Å². The van der Waals surface area contributed by atoms with Crippen molar-refractivity contribution in [3.63, 3.8) is 0 Å². The largest absolute Gasteiger partial charge is 0.496 e. The van der Waals surface area contributed by atoms with E-state index in [1.807, 2.05) is 47.5 Å². The van der Waals surface area contributed by atoms with Gasteiger partial charge >= 0.3 is 0 Å². The van der Waals surface area contributed by atoms with Crippen molar-refractivity contribution >= 4 is 23.0 Å². The van der Waals surface area contributed by atoms with Crippen LogP contribution in [0.1, 0.15) is 23.6 Å². The topological polar surface area (TPSA) is 24.8 Å². The second-order valence-corrected chi connectivity index (χ2v) is 6.77. The molecule has 1 heterocycles. The first-order valence-electron chi connectivity index (χ1n) is 8.67. The van der Waals surface area contributed by atoms with E-state index in [4.69, 9.17) is 21.4 Å². The van der Waals surface area contributed by atoms with Gasteiger partial charge in [0.15, 0.2) is 0 Å². The van der Waals surface area contributed by atoms with E-state index < -0.39 is 0 Å². The lowest BCUT2D eigenvalue weighted by Crippen LogP contribution is -2.19. The summed E-state index contributed by atoms with van der Waals surface area (Å²) in [4.78, 5) is 0. The van der Waals surface area contributed by atoms with Crippen molar-refractivity contribution in [2.75, 3.05) is 12.1 Å². The van der Waals surface area contributed by atoms with E-state index in [9.17, 15) is 4.39 Å². The quantitative estimate of drug-likeness (QED) is 0.567. The summed E-state index contributed by atoms with van der Waals surface area (Å²) in [6, 6.07) is 22.0. The maximum atomic E-state index is 13.3. The number of ether oxygens (including phenoxy) is 1. The molecule has 0 fully saturated rings. The molecule has 0 aromatic heterocycles. The molecule has 3 aromatic carbocycles. The average Bonchev–Trinajstić information content (AvgIpc) is 3.14. The Morgan fingerprint density at radius 2 is 1.70 bits per heavy atom. The Balaban J connectivity index is 1.77. The molecule has 0 aliphatic carbocycles. The van der Waals surface area contributed by atoms with Crippen LogP contribution in [0.2, 0.25) is 5.02 Å². The molecule has 4 rings (SSSR count). The average molecular weight is 381 g/mol. The van der Waals surface area contributed by atoms with Gasteiger partial charge in [0, 0.05) is 17.0 Å². The van der Waals surface area contributed by atoms with E-state index in [1.54, 1.807) is 19.2 Å². The smallest absolute Gasteiger partial charge is 0.124 e. The first-order chi connectivity index (χ1) is 13.2. The Bertz CT molecular complexity index is 970. The summed E-state index contributed by atoms with van der Waals surface area (Å²) in [6.07, 6.45) is 0.689. The number of halogens is 2. The molecule has 136 valence electrons. The summed E-state index contributed by atoms with van der Waals surface area (Å²) in [6.45, 7) is 0. The molecule has 0 bridgehead atoms. The SMILES string of the molecule is COc1ccccc1C1CC(c2ccc(F)cc2)=NN1c1ccc(Cl)cc1. The molecule has 0 radical (unpaired) electrons. The number of nitrogens with zero attached hydrogens (tertiary/aromatic N) is 2. The van der Waals surface area contributed by atoms with Crippen LogP contribution in [0.3, 0.4) is 0 Å². The maximum absolute atomic E-state index is 13.3. The lowest BCUT2D eigenvalue weighted by molar-refractivity contribution is 0.405. The summed E-state index contributed by atoms with van der Waals surface area (Å²) in [5.41, 5.74) is 3.80. The summed E-state index contributed by atoms with van der Waals surface area (Å²) in [5.74, 6) is 0.560. The summed E-state index contributed by atoms with van der Waals surface area (Å²) >= 11 is 6.05. The Kier molecular flexibility index (Phi) is 4.82. The van der Waals surface area contributed by atoms with Gasteiger partial charge in [-0.3, -0.25) is 5.01 Å². The third-order valence-electron chi connectivity index (χ3n) is 4.68. The van der Waals surface area contributed by atoms with Gasteiger partial charge in [-0.2, -0.15) is 5.10 Å². The Labute approximate surface area is 162 Å². The van der Waals surface area contributed by atoms with Gasteiger partial charge in [0.05, 0.1) is 24.6 Å². The zero-order valence-corrected chi connectivity index (χ0v) is 15.5. The zero-order chi connectivity index (χ0) is 18.8. The van der Waals surface area contributed by atoms with Gasteiger partial charge in [-0.05, 0) is 48.0 Å². The van der Waals surface area contributed by atoms with E-state index in [2.05, 4.69) is 6.07 Å². The third kappa shape index (κ3) is 3.53.